The number of carbonyl (C=O) groups excluding carboxylic acids is 1. The molecule has 2 N–H and O–H groups in total. The first-order chi connectivity index (χ1) is 10.9. The van der Waals surface area contributed by atoms with Crippen molar-refractivity contribution in [1.82, 2.24) is 20.0 Å². The number of aromatic nitrogens is 2. The van der Waals surface area contributed by atoms with Crippen LogP contribution in [0.3, 0.4) is 0 Å². The van der Waals surface area contributed by atoms with E-state index in [4.69, 9.17) is 4.74 Å². The minimum absolute atomic E-state index is 0.140. The molecule has 9 heteroatoms. The molecule has 0 bridgehead atoms. The predicted octanol–water partition coefficient (Wildman–Crippen LogP) is 0.0115. The average Bonchev–Trinajstić information content (AvgIpc) is 2.84. The van der Waals surface area contributed by atoms with Gasteiger partial charge in [-0.15, -0.1) is 10.2 Å². The van der Waals surface area contributed by atoms with Gasteiger partial charge in [-0.1, -0.05) is 11.3 Å². The van der Waals surface area contributed by atoms with Gasteiger partial charge in [0.1, 0.15) is 11.6 Å². The Morgan fingerprint density at radius 2 is 2.30 bits per heavy atom. The van der Waals surface area contributed by atoms with Crippen molar-refractivity contribution in [3.05, 3.63) is 5.01 Å². The van der Waals surface area contributed by atoms with Crippen LogP contribution < -0.4 is 5.32 Å². The second kappa shape index (κ2) is 8.11. The summed E-state index contributed by atoms with van der Waals surface area (Å²) in [5.41, 5.74) is -0.754. The first kappa shape index (κ1) is 18.2. The summed E-state index contributed by atoms with van der Waals surface area (Å²) in [6.07, 6.45) is 1.65. The van der Waals surface area contributed by atoms with Gasteiger partial charge in [-0.05, 0) is 33.5 Å². The molecule has 1 atom stereocenters. The zero-order chi connectivity index (χ0) is 16.9. The number of nitrogens with one attached hydrogen (secondary N) is 1. The molecule has 1 fully saturated rings. The van der Waals surface area contributed by atoms with Crippen molar-refractivity contribution in [2.24, 2.45) is 0 Å². The molecule has 8 nitrogen and oxygen atoms in total. The molecule has 0 radical (unpaired) electrons. The van der Waals surface area contributed by atoms with Crippen molar-refractivity contribution in [3.8, 4) is 0 Å². The van der Waals surface area contributed by atoms with Crippen LogP contribution in [0, 0.1) is 0 Å². The van der Waals surface area contributed by atoms with Gasteiger partial charge < -0.3 is 14.7 Å². The van der Waals surface area contributed by atoms with E-state index in [-0.39, 0.29) is 12.5 Å². The van der Waals surface area contributed by atoms with Crippen molar-refractivity contribution in [1.29, 1.82) is 0 Å². The maximum absolute atomic E-state index is 12.1. The number of likely N-dealkylation sites (N-methyl/N-ethyl adjacent to an activating group) is 1. The van der Waals surface area contributed by atoms with Gasteiger partial charge in [0.05, 0.1) is 12.1 Å². The number of amides is 1. The Kier molecular flexibility index (Phi) is 6.42. The number of likely N-dealkylation sites (tertiary alicyclic amines) is 1. The van der Waals surface area contributed by atoms with Gasteiger partial charge in [0.15, 0.2) is 0 Å². The van der Waals surface area contributed by atoms with Crippen LogP contribution >= 0.6 is 11.3 Å². The molecular weight excluding hydrogens is 318 g/mol. The van der Waals surface area contributed by atoms with Gasteiger partial charge in [-0.25, -0.2) is 0 Å². The Labute approximate surface area is 140 Å². The molecule has 130 valence electrons. The van der Waals surface area contributed by atoms with Gasteiger partial charge in [-0.2, -0.15) is 0 Å². The maximum Gasteiger partial charge on any atom is 0.240 e. The van der Waals surface area contributed by atoms with E-state index in [0.717, 1.165) is 24.4 Å². The Morgan fingerprint density at radius 1 is 1.52 bits per heavy atom. The summed E-state index contributed by atoms with van der Waals surface area (Å²) in [4.78, 5) is 16.1. The van der Waals surface area contributed by atoms with Crippen LogP contribution in [-0.4, -0.2) is 84.0 Å². The number of aliphatic hydroxyl groups is 1. The summed E-state index contributed by atoms with van der Waals surface area (Å²) < 4.78 is 4.98. The Balaban J connectivity index is 1.84. The Bertz CT molecular complexity index is 524. The number of piperidine rings is 1. The number of ether oxygens (including phenoxy) is 1. The zero-order valence-corrected chi connectivity index (χ0v) is 14.7. The summed E-state index contributed by atoms with van der Waals surface area (Å²) in [6, 6.07) is 0. The smallest absolute Gasteiger partial charge is 0.240 e. The van der Waals surface area contributed by atoms with Crippen LogP contribution in [-0.2, 0) is 16.1 Å². The second-order valence-electron chi connectivity index (χ2n) is 6.26. The fourth-order valence-electron chi connectivity index (χ4n) is 2.91. The highest BCUT2D eigenvalue weighted by Gasteiger charge is 2.34. The first-order valence-electron chi connectivity index (χ1n) is 7.61. The topological polar surface area (TPSA) is 90.8 Å². The van der Waals surface area contributed by atoms with E-state index in [9.17, 15) is 9.90 Å². The highest BCUT2D eigenvalue weighted by Crippen LogP contribution is 2.22. The average molecular weight is 343 g/mol. The van der Waals surface area contributed by atoms with E-state index in [1.54, 1.807) is 7.11 Å². The molecule has 0 unspecified atom stereocenters. The number of anilines is 1. The van der Waals surface area contributed by atoms with Crippen LogP contribution in [0.25, 0.3) is 0 Å². The number of hydrogen-bond acceptors (Lipinski definition) is 8. The lowest BCUT2D eigenvalue weighted by atomic mass is 9.92. The summed E-state index contributed by atoms with van der Waals surface area (Å²) in [7, 11) is 5.47. The third-order valence-electron chi connectivity index (χ3n) is 3.59. The summed E-state index contributed by atoms with van der Waals surface area (Å²) in [5.74, 6) is -0.140. The van der Waals surface area contributed by atoms with E-state index in [0.29, 0.717) is 24.8 Å². The molecule has 2 heterocycles. The van der Waals surface area contributed by atoms with Crippen LogP contribution in [0.5, 0.6) is 0 Å². The molecule has 1 aliphatic heterocycles. The minimum atomic E-state index is -0.754. The molecule has 0 aromatic carbocycles. The summed E-state index contributed by atoms with van der Waals surface area (Å²) in [5, 5.41) is 22.4. The van der Waals surface area contributed by atoms with Crippen LogP contribution in [0.15, 0.2) is 0 Å². The second-order valence-corrected chi connectivity index (χ2v) is 7.32. The lowest BCUT2D eigenvalue weighted by Gasteiger charge is -2.40. The Morgan fingerprint density at radius 3 is 3.00 bits per heavy atom. The van der Waals surface area contributed by atoms with Crippen LogP contribution in [0.1, 0.15) is 17.8 Å². The molecule has 2 rings (SSSR count). The SMILES string of the molecule is COCc1nnc(NC(=O)CN2CCC[C@](O)(CN(C)C)C2)s1. The van der Waals surface area contributed by atoms with Gasteiger partial charge in [0.2, 0.25) is 11.0 Å². The van der Waals surface area contributed by atoms with E-state index in [2.05, 4.69) is 15.5 Å². The van der Waals surface area contributed by atoms with Gasteiger partial charge in [0.25, 0.3) is 0 Å². The third kappa shape index (κ3) is 5.78. The van der Waals surface area contributed by atoms with Gasteiger partial charge in [0, 0.05) is 20.2 Å². The summed E-state index contributed by atoms with van der Waals surface area (Å²) in [6.45, 7) is 2.55. The fraction of sp³-hybridized carbons (Fsp3) is 0.786. The normalized spacial score (nSPS) is 22.5. The van der Waals surface area contributed by atoms with Crippen molar-refractivity contribution in [3.63, 3.8) is 0 Å². The van der Waals surface area contributed by atoms with E-state index >= 15 is 0 Å². The highest BCUT2D eigenvalue weighted by atomic mass is 32.1. The van der Waals surface area contributed by atoms with Crippen LogP contribution in [0.2, 0.25) is 0 Å². The molecule has 1 aromatic heterocycles. The van der Waals surface area contributed by atoms with Gasteiger partial charge in [-0.3, -0.25) is 15.0 Å². The largest absolute Gasteiger partial charge is 0.387 e. The number of carbonyl (C=O) groups is 1. The Hall–Kier alpha value is -1.13. The fourth-order valence-corrected chi connectivity index (χ4v) is 3.63. The quantitative estimate of drug-likeness (QED) is 0.721. The number of β-amino-alcohol motifs (C(OH)–C–C–N with tert-alkyl or cyclic N) is 1. The first-order valence-corrected chi connectivity index (χ1v) is 8.42. The third-order valence-corrected chi connectivity index (χ3v) is 4.41. The monoisotopic (exact) mass is 343 g/mol. The van der Waals surface area contributed by atoms with E-state index < -0.39 is 5.60 Å². The van der Waals surface area contributed by atoms with Crippen LogP contribution in [0.4, 0.5) is 5.13 Å². The van der Waals surface area contributed by atoms with Crippen molar-refractivity contribution in [2.75, 3.05) is 52.7 Å². The molecule has 23 heavy (non-hydrogen) atoms. The molecular formula is C14H25N5O3S. The lowest BCUT2D eigenvalue weighted by molar-refractivity contribution is -0.119. The molecule has 1 saturated heterocycles. The molecule has 0 saturated carbocycles. The van der Waals surface area contributed by atoms with Crippen molar-refractivity contribution < 1.29 is 14.6 Å². The maximum atomic E-state index is 12.1. The number of nitrogens with zero attached hydrogens (tertiary/aromatic N) is 4. The molecule has 1 aromatic rings. The zero-order valence-electron chi connectivity index (χ0n) is 13.9. The highest BCUT2D eigenvalue weighted by molar-refractivity contribution is 7.15. The number of hydrogen-bond donors (Lipinski definition) is 2. The number of rotatable bonds is 7. The predicted molar refractivity (Wildman–Crippen MR) is 88.4 cm³/mol. The molecule has 0 aliphatic carbocycles. The van der Waals surface area contributed by atoms with Crippen molar-refractivity contribution >= 4 is 22.4 Å². The molecule has 1 aliphatic rings. The summed E-state index contributed by atoms with van der Waals surface area (Å²) >= 11 is 1.30. The molecule has 1 amide bonds. The molecule has 0 spiro atoms. The standard InChI is InChI=1S/C14H25N5O3S/c1-18(2)9-14(21)5-4-6-19(10-14)7-11(20)15-13-17-16-12(23-13)8-22-3/h21H,4-10H2,1-3H3,(H,15,17,20)/t14-/m0/s1. The van der Waals surface area contributed by atoms with E-state index in [1.807, 2.05) is 23.9 Å². The number of methoxy groups -OCH3 is 1. The minimum Gasteiger partial charge on any atom is -0.387 e. The van der Waals surface area contributed by atoms with E-state index in [1.165, 1.54) is 11.3 Å². The van der Waals surface area contributed by atoms with Gasteiger partial charge >= 0.3 is 0 Å². The van der Waals surface area contributed by atoms with Crippen molar-refractivity contribution in [2.45, 2.75) is 25.0 Å². The lowest BCUT2D eigenvalue weighted by Crippen LogP contribution is -2.54.